The summed E-state index contributed by atoms with van der Waals surface area (Å²) < 4.78 is 1.91. The van der Waals surface area contributed by atoms with Crippen LogP contribution >= 0.6 is 0 Å². The molecule has 1 amide bonds. The van der Waals surface area contributed by atoms with Crippen molar-refractivity contribution in [2.24, 2.45) is 5.73 Å². The molecule has 1 aromatic carbocycles. The van der Waals surface area contributed by atoms with E-state index in [2.05, 4.69) is 24.1 Å². The van der Waals surface area contributed by atoms with Crippen molar-refractivity contribution in [2.45, 2.75) is 39.3 Å². The Morgan fingerprint density at radius 3 is 2.81 bits per heavy atom. The lowest BCUT2D eigenvalue weighted by Crippen LogP contribution is -2.25. The van der Waals surface area contributed by atoms with Crippen LogP contribution in [0, 0.1) is 0 Å². The van der Waals surface area contributed by atoms with E-state index in [9.17, 15) is 4.79 Å². The highest BCUT2D eigenvalue weighted by atomic mass is 16.2. The SMILES string of the molecule is CC(C)c1nccn1C(C)C(=O)Nc1cccc(CN)c1. The maximum atomic E-state index is 12.4. The van der Waals surface area contributed by atoms with E-state index >= 15 is 0 Å². The Balaban J connectivity index is 2.14. The number of nitrogens with one attached hydrogen (secondary N) is 1. The maximum absolute atomic E-state index is 12.4. The van der Waals surface area contributed by atoms with E-state index in [-0.39, 0.29) is 17.9 Å². The van der Waals surface area contributed by atoms with Crippen LogP contribution in [-0.2, 0) is 11.3 Å². The Morgan fingerprint density at radius 1 is 1.38 bits per heavy atom. The van der Waals surface area contributed by atoms with Crippen LogP contribution in [-0.4, -0.2) is 15.5 Å². The second kappa shape index (κ2) is 6.54. The monoisotopic (exact) mass is 286 g/mol. The zero-order chi connectivity index (χ0) is 15.4. The summed E-state index contributed by atoms with van der Waals surface area (Å²) >= 11 is 0. The van der Waals surface area contributed by atoms with E-state index in [1.807, 2.05) is 42.0 Å². The lowest BCUT2D eigenvalue weighted by Gasteiger charge is -2.18. The summed E-state index contributed by atoms with van der Waals surface area (Å²) in [4.78, 5) is 16.7. The number of amides is 1. The summed E-state index contributed by atoms with van der Waals surface area (Å²) in [6.07, 6.45) is 3.57. The number of benzene rings is 1. The van der Waals surface area contributed by atoms with Crippen LogP contribution in [0.5, 0.6) is 0 Å². The number of nitrogens with zero attached hydrogens (tertiary/aromatic N) is 2. The fourth-order valence-electron chi connectivity index (χ4n) is 2.25. The molecule has 0 saturated heterocycles. The Labute approximate surface area is 125 Å². The molecule has 112 valence electrons. The second-order valence-electron chi connectivity index (χ2n) is 5.42. The molecule has 0 bridgehead atoms. The molecule has 1 heterocycles. The molecule has 0 aliphatic carbocycles. The van der Waals surface area contributed by atoms with Gasteiger partial charge in [0, 0.05) is 30.5 Å². The van der Waals surface area contributed by atoms with E-state index in [1.54, 1.807) is 6.20 Å². The van der Waals surface area contributed by atoms with Gasteiger partial charge in [-0.3, -0.25) is 4.79 Å². The Morgan fingerprint density at radius 2 is 2.14 bits per heavy atom. The van der Waals surface area contributed by atoms with Gasteiger partial charge >= 0.3 is 0 Å². The number of imidazole rings is 1. The third-order valence-corrected chi connectivity index (χ3v) is 3.44. The first-order valence-electron chi connectivity index (χ1n) is 7.15. The number of hydrogen-bond acceptors (Lipinski definition) is 3. The van der Waals surface area contributed by atoms with Crippen molar-refractivity contribution in [1.29, 1.82) is 0 Å². The minimum Gasteiger partial charge on any atom is -0.326 e. The summed E-state index contributed by atoms with van der Waals surface area (Å²) in [6, 6.07) is 7.26. The number of carbonyl (C=O) groups is 1. The second-order valence-corrected chi connectivity index (χ2v) is 5.42. The molecule has 5 nitrogen and oxygen atoms in total. The standard InChI is InChI=1S/C16H22N4O/c1-11(2)15-18-7-8-20(15)12(3)16(21)19-14-6-4-5-13(9-14)10-17/h4-9,11-12H,10,17H2,1-3H3,(H,19,21). The molecular formula is C16H22N4O. The fraction of sp³-hybridized carbons (Fsp3) is 0.375. The molecule has 0 saturated carbocycles. The zero-order valence-corrected chi connectivity index (χ0v) is 12.7. The van der Waals surface area contributed by atoms with Gasteiger partial charge in [-0.25, -0.2) is 4.98 Å². The van der Waals surface area contributed by atoms with Crippen LogP contribution in [0.1, 0.15) is 44.1 Å². The smallest absolute Gasteiger partial charge is 0.247 e. The molecule has 0 aliphatic heterocycles. The summed E-state index contributed by atoms with van der Waals surface area (Å²) in [6.45, 7) is 6.45. The third-order valence-electron chi connectivity index (χ3n) is 3.44. The molecule has 21 heavy (non-hydrogen) atoms. The van der Waals surface area contributed by atoms with Gasteiger partial charge in [0.15, 0.2) is 0 Å². The summed E-state index contributed by atoms with van der Waals surface area (Å²) in [5.74, 6) is 1.12. The predicted octanol–water partition coefficient (Wildman–Crippen LogP) is 2.66. The lowest BCUT2D eigenvalue weighted by molar-refractivity contribution is -0.118. The molecular weight excluding hydrogens is 264 g/mol. The highest BCUT2D eigenvalue weighted by Crippen LogP contribution is 2.19. The average molecular weight is 286 g/mol. The number of anilines is 1. The highest BCUT2D eigenvalue weighted by Gasteiger charge is 2.19. The number of carbonyl (C=O) groups excluding carboxylic acids is 1. The molecule has 2 rings (SSSR count). The number of hydrogen-bond donors (Lipinski definition) is 2. The topological polar surface area (TPSA) is 72.9 Å². The average Bonchev–Trinajstić information content (AvgIpc) is 2.96. The van der Waals surface area contributed by atoms with Crippen LogP contribution in [0.2, 0.25) is 0 Å². The van der Waals surface area contributed by atoms with Crippen molar-refractivity contribution in [3.05, 3.63) is 48.0 Å². The van der Waals surface area contributed by atoms with Gasteiger partial charge in [-0.2, -0.15) is 0 Å². The molecule has 0 spiro atoms. The largest absolute Gasteiger partial charge is 0.326 e. The molecule has 3 N–H and O–H groups in total. The molecule has 0 fully saturated rings. The van der Waals surface area contributed by atoms with Crippen LogP contribution < -0.4 is 11.1 Å². The number of nitrogens with two attached hydrogens (primary N) is 1. The van der Waals surface area contributed by atoms with Gasteiger partial charge in [0.1, 0.15) is 11.9 Å². The first-order chi connectivity index (χ1) is 10.0. The first kappa shape index (κ1) is 15.3. The Bertz CT molecular complexity index is 618. The normalized spacial score (nSPS) is 12.4. The van der Waals surface area contributed by atoms with Gasteiger partial charge in [0.2, 0.25) is 5.91 Å². The lowest BCUT2D eigenvalue weighted by atomic mass is 10.1. The van der Waals surface area contributed by atoms with Crippen LogP contribution in [0.3, 0.4) is 0 Å². The molecule has 5 heteroatoms. The summed E-state index contributed by atoms with van der Waals surface area (Å²) in [5.41, 5.74) is 7.37. The van der Waals surface area contributed by atoms with E-state index in [1.165, 1.54) is 0 Å². The van der Waals surface area contributed by atoms with Crippen LogP contribution in [0.25, 0.3) is 0 Å². The van der Waals surface area contributed by atoms with Crippen molar-refractivity contribution in [2.75, 3.05) is 5.32 Å². The Hall–Kier alpha value is -2.14. The van der Waals surface area contributed by atoms with E-state index in [0.29, 0.717) is 6.54 Å². The first-order valence-corrected chi connectivity index (χ1v) is 7.15. The molecule has 1 aromatic heterocycles. The summed E-state index contributed by atoms with van der Waals surface area (Å²) in [5, 5.41) is 2.93. The minimum absolute atomic E-state index is 0.0657. The van der Waals surface area contributed by atoms with Crippen molar-refractivity contribution < 1.29 is 4.79 Å². The van der Waals surface area contributed by atoms with Gasteiger partial charge in [0.05, 0.1) is 0 Å². The predicted molar refractivity (Wildman–Crippen MR) is 84.0 cm³/mol. The molecule has 0 radical (unpaired) electrons. The summed E-state index contributed by atoms with van der Waals surface area (Å²) in [7, 11) is 0. The molecule has 1 unspecified atom stereocenters. The molecule has 1 atom stereocenters. The van der Waals surface area contributed by atoms with Crippen LogP contribution in [0.15, 0.2) is 36.7 Å². The number of aromatic nitrogens is 2. The zero-order valence-electron chi connectivity index (χ0n) is 12.7. The van der Waals surface area contributed by atoms with Gasteiger partial charge in [-0.1, -0.05) is 26.0 Å². The number of rotatable bonds is 5. The molecule has 2 aromatic rings. The fourth-order valence-corrected chi connectivity index (χ4v) is 2.25. The molecule has 0 aliphatic rings. The van der Waals surface area contributed by atoms with E-state index in [0.717, 1.165) is 17.1 Å². The third kappa shape index (κ3) is 3.49. The quantitative estimate of drug-likeness (QED) is 0.887. The van der Waals surface area contributed by atoms with Gasteiger partial charge in [0.25, 0.3) is 0 Å². The highest BCUT2D eigenvalue weighted by molar-refractivity contribution is 5.93. The van der Waals surface area contributed by atoms with Crippen LogP contribution in [0.4, 0.5) is 5.69 Å². The van der Waals surface area contributed by atoms with Gasteiger partial charge in [-0.15, -0.1) is 0 Å². The van der Waals surface area contributed by atoms with Crippen molar-refractivity contribution >= 4 is 11.6 Å². The van der Waals surface area contributed by atoms with E-state index < -0.39 is 0 Å². The van der Waals surface area contributed by atoms with Crippen molar-refractivity contribution in [3.8, 4) is 0 Å². The maximum Gasteiger partial charge on any atom is 0.247 e. The van der Waals surface area contributed by atoms with Crippen molar-refractivity contribution in [1.82, 2.24) is 9.55 Å². The van der Waals surface area contributed by atoms with Gasteiger partial charge in [-0.05, 0) is 24.6 Å². The van der Waals surface area contributed by atoms with Gasteiger partial charge < -0.3 is 15.6 Å². The van der Waals surface area contributed by atoms with Crippen molar-refractivity contribution in [3.63, 3.8) is 0 Å². The van der Waals surface area contributed by atoms with E-state index in [4.69, 9.17) is 5.73 Å². The minimum atomic E-state index is -0.313. The Kier molecular flexibility index (Phi) is 4.75.